The summed E-state index contributed by atoms with van der Waals surface area (Å²) in [5.41, 5.74) is 3.88. The Hall–Kier alpha value is -2.82. The number of rotatable bonds is 6. The third kappa shape index (κ3) is 4.53. The molecule has 0 unspecified atom stereocenters. The summed E-state index contributed by atoms with van der Waals surface area (Å²) < 4.78 is 0. The van der Waals surface area contributed by atoms with Crippen LogP contribution in [0.5, 0.6) is 0 Å². The number of para-hydroxylation sites is 1. The first-order chi connectivity index (χ1) is 13.8. The third-order valence-corrected chi connectivity index (χ3v) is 5.58. The highest BCUT2D eigenvalue weighted by Crippen LogP contribution is 2.19. The minimum atomic E-state index is -0.0628. The fourth-order valence-corrected chi connectivity index (χ4v) is 4.03. The molecule has 2 aromatic heterocycles. The van der Waals surface area contributed by atoms with Gasteiger partial charge >= 0.3 is 0 Å². The molecule has 1 saturated carbocycles. The van der Waals surface area contributed by atoms with Gasteiger partial charge in [0.2, 0.25) is 0 Å². The Morgan fingerprint density at radius 3 is 2.79 bits per heavy atom. The van der Waals surface area contributed by atoms with E-state index in [1.54, 1.807) is 6.20 Å². The lowest BCUT2D eigenvalue weighted by Gasteiger charge is -2.16. The van der Waals surface area contributed by atoms with Crippen LogP contribution in [0.4, 0.5) is 5.69 Å². The molecule has 4 rings (SSSR count). The molecule has 1 aliphatic rings. The van der Waals surface area contributed by atoms with Crippen LogP contribution >= 0.6 is 0 Å². The van der Waals surface area contributed by atoms with Crippen molar-refractivity contribution in [1.29, 1.82) is 0 Å². The Morgan fingerprint density at radius 2 is 1.93 bits per heavy atom. The molecule has 1 aliphatic carbocycles. The van der Waals surface area contributed by atoms with Crippen LogP contribution in [0.15, 0.2) is 48.8 Å². The molecule has 1 fully saturated rings. The van der Waals surface area contributed by atoms with Crippen molar-refractivity contribution in [2.75, 3.05) is 11.9 Å². The maximum absolute atomic E-state index is 12.6. The predicted octanol–water partition coefficient (Wildman–Crippen LogP) is 4.67. The van der Waals surface area contributed by atoms with Crippen LogP contribution in [0.3, 0.4) is 0 Å². The van der Waals surface area contributed by atoms with Gasteiger partial charge in [-0.1, -0.05) is 43.9 Å². The van der Waals surface area contributed by atoms with Gasteiger partial charge in [0.25, 0.3) is 5.91 Å². The molecule has 0 saturated heterocycles. The number of nitrogens with zero attached hydrogens (tertiary/aromatic N) is 1. The second-order valence-electron chi connectivity index (χ2n) is 7.63. The monoisotopic (exact) mass is 376 g/mol. The summed E-state index contributed by atoms with van der Waals surface area (Å²) in [5, 5.41) is 7.86. The standard InChI is InChI=1S/C23H28N4O/c28-23(27-18-7-3-1-2-4-8-18)22-15-19(12-14-25-22)24-13-11-17-16-26-21-10-6-5-9-20(17)21/h5-6,9-10,12,14-16,18,26H,1-4,7-8,11,13H2,(H,24,25)(H,27,28). The minimum absolute atomic E-state index is 0.0628. The molecule has 1 aromatic carbocycles. The fourth-order valence-electron chi connectivity index (χ4n) is 4.03. The minimum Gasteiger partial charge on any atom is -0.385 e. The number of pyridine rings is 1. The van der Waals surface area contributed by atoms with E-state index in [1.807, 2.05) is 18.2 Å². The summed E-state index contributed by atoms with van der Waals surface area (Å²) in [6, 6.07) is 12.4. The van der Waals surface area contributed by atoms with Gasteiger partial charge in [0, 0.05) is 41.6 Å². The second-order valence-corrected chi connectivity index (χ2v) is 7.63. The first-order valence-electron chi connectivity index (χ1n) is 10.4. The van der Waals surface area contributed by atoms with Crippen molar-refractivity contribution in [3.05, 3.63) is 60.0 Å². The van der Waals surface area contributed by atoms with Gasteiger partial charge in [-0.2, -0.15) is 0 Å². The Labute approximate surface area is 166 Å². The number of hydrogen-bond donors (Lipinski definition) is 3. The Bertz CT molecular complexity index is 925. The zero-order valence-electron chi connectivity index (χ0n) is 16.2. The van der Waals surface area contributed by atoms with Crippen molar-refractivity contribution in [2.45, 2.75) is 51.0 Å². The van der Waals surface area contributed by atoms with Gasteiger partial charge in [0.05, 0.1) is 0 Å². The maximum atomic E-state index is 12.6. The van der Waals surface area contributed by atoms with E-state index >= 15 is 0 Å². The maximum Gasteiger partial charge on any atom is 0.270 e. The SMILES string of the molecule is O=C(NC1CCCCCC1)c1cc(NCCc2c[nH]c3ccccc23)ccn1. The number of hydrogen-bond acceptors (Lipinski definition) is 3. The van der Waals surface area contributed by atoms with E-state index in [0.717, 1.165) is 31.5 Å². The lowest BCUT2D eigenvalue weighted by atomic mass is 10.1. The van der Waals surface area contributed by atoms with Gasteiger partial charge in [-0.05, 0) is 43.0 Å². The number of amides is 1. The number of aromatic nitrogens is 2. The lowest BCUT2D eigenvalue weighted by molar-refractivity contribution is 0.0928. The van der Waals surface area contributed by atoms with Crippen molar-refractivity contribution in [1.82, 2.24) is 15.3 Å². The van der Waals surface area contributed by atoms with Crippen molar-refractivity contribution < 1.29 is 4.79 Å². The molecule has 2 heterocycles. The normalized spacial score (nSPS) is 15.3. The number of anilines is 1. The number of benzene rings is 1. The lowest BCUT2D eigenvalue weighted by Crippen LogP contribution is -2.34. The quantitative estimate of drug-likeness (QED) is 0.548. The summed E-state index contributed by atoms with van der Waals surface area (Å²) >= 11 is 0. The van der Waals surface area contributed by atoms with Crippen LogP contribution in [0.1, 0.15) is 54.6 Å². The number of aromatic amines is 1. The molecule has 0 aliphatic heterocycles. The highest BCUT2D eigenvalue weighted by Gasteiger charge is 2.16. The number of carbonyl (C=O) groups is 1. The molecule has 0 spiro atoms. The van der Waals surface area contributed by atoms with E-state index in [1.165, 1.54) is 42.1 Å². The van der Waals surface area contributed by atoms with Crippen molar-refractivity contribution in [3.63, 3.8) is 0 Å². The van der Waals surface area contributed by atoms with Crippen LogP contribution in [0, 0.1) is 0 Å². The molecular weight excluding hydrogens is 348 g/mol. The number of H-pyrrole nitrogens is 1. The van der Waals surface area contributed by atoms with E-state index in [0.29, 0.717) is 5.69 Å². The Balaban J connectivity index is 1.33. The van der Waals surface area contributed by atoms with Gasteiger partial charge < -0.3 is 15.6 Å². The van der Waals surface area contributed by atoms with Crippen LogP contribution < -0.4 is 10.6 Å². The van der Waals surface area contributed by atoms with Crippen molar-refractivity contribution >= 4 is 22.5 Å². The summed E-state index contributed by atoms with van der Waals surface area (Å²) in [4.78, 5) is 20.2. The summed E-state index contributed by atoms with van der Waals surface area (Å²) in [6.07, 6.45) is 11.8. The molecule has 3 aromatic rings. The number of nitrogens with one attached hydrogen (secondary N) is 3. The van der Waals surface area contributed by atoms with Crippen molar-refractivity contribution in [3.8, 4) is 0 Å². The van der Waals surface area contributed by atoms with Gasteiger partial charge in [0.1, 0.15) is 5.69 Å². The molecular formula is C23H28N4O. The van der Waals surface area contributed by atoms with E-state index in [-0.39, 0.29) is 11.9 Å². The third-order valence-electron chi connectivity index (χ3n) is 5.58. The highest BCUT2D eigenvalue weighted by atomic mass is 16.1. The van der Waals surface area contributed by atoms with Gasteiger partial charge in [0.15, 0.2) is 0 Å². The van der Waals surface area contributed by atoms with Crippen LogP contribution in [-0.4, -0.2) is 28.5 Å². The molecule has 1 amide bonds. The van der Waals surface area contributed by atoms with E-state index in [2.05, 4.69) is 45.0 Å². The molecule has 0 bridgehead atoms. The first-order valence-corrected chi connectivity index (χ1v) is 10.4. The second kappa shape index (κ2) is 8.91. The molecule has 3 N–H and O–H groups in total. The molecule has 0 radical (unpaired) electrons. The molecule has 28 heavy (non-hydrogen) atoms. The zero-order chi connectivity index (χ0) is 19.2. The average Bonchev–Trinajstić information content (AvgIpc) is 2.95. The summed E-state index contributed by atoms with van der Waals surface area (Å²) in [6.45, 7) is 0.801. The molecule has 0 atom stereocenters. The smallest absolute Gasteiger partial charge is 0.270 e. The van der Waals surface area contributed by atoms with E-state index < -0.39 is 0 Å². The van der Waals surface area contributed by atoms with Crippen molar-refractivity contribution in [2.24, 2.45) is 0 Å². The first kappa shape index (κ1) is 18.5. The number of carbonyl (C=O) groups excluding carboxylic acids is 1. The van der Waals surface area contributed by atoms with Gasteiger partial charge in [-0.3, -0.25) is 9.78 Å². The molecule has 5 nitrogen and oxygen atoms in total. The van der Waals surface area contributed by atoms with Gasteiger partial charge in [-0.25, -0.2) is 0 Å². The Kier molecular flexibility index (Phi) is 5.90. The molecule has 146 valence electrons. The molecule has 5 heteroatoms. The summed E-state index contributed by atoms with van der Waals surface area (Å²) in [5.74, 6) is -0.0628. The van der Waals surface area contributed by atoms with E-state index in [9.17, 15) is 4.79 Å². The fraction of sp³-hybridized carbons (Fsp3) is 0.391. The summed E-state index contributed by atoms with van der Waals surface area (Å²) in [7, 11) is 0. The van der Waals surface area contributed by atoms with Gasteiger partial charge in [-0.15, -0.1) is 0 Å². The average molecular weight is 377 g/mol. The van der Waals surface area contributed by atoms with Crippen LogP contribution in [-0.2, 0) is 6.42 Å². The number of fused-ring (bicyclic) bond motifs is 1. The largest absolute Gasteiger partial charge is 0.385 e. The Morgan fingerprint density at radius 1 is 1.11 bits per heavy atom. The van der Waals surface area contributed by atoms with Crippen LogP contribution in [0.2, 0.25) is 0 Å². The topological polar surface area (TPSA) is 69.8 Å². The highest BCUT2D eigenvalue weighted by molar-refractivity contribution is 5.93. The van der Waals surface area contributed by atoms with Crippen LogP contribution in [0.25, 0.3) is 10.9 Å². The zero-order valence-corrected chi connectivity index (χ0v) is 16.2. The van der Waals surface area contributed by atoms with E-state index in [4.69, 9.17) is 0 Å². The predicted molar refractivity (Wildman–Crippen MR) is 114 cm³/mol.